The second-order valence-electron chi connectivity index (χ2n) is 4.85. The highest BCUT2D eigenvalue weighted by molar-refractivity contribution is 5.43. The molecule has 3 heteroatoms. The maximum absolute atomic E-state index is 5.16. The fourth-order valence-corrected chi connectivity index (χ4v) is 2.69. The number of hydrogen-bond acceptors (Lipinski definition) is 3. The predicted molar refractivity (Wildman–Crippen MR) is 76.5 cm³/mol. The van der Waals surface area contributed by atoms with Crippen LogP contribution < -0.4 is 10.1 Å². The van der Waals surface area contributed by atoms with Gasteiger partial charge in [-0.15, -0.1) is 0 Å². The van der Waals surface area contributed by atoms with Crippen LogP contribution in [0.15, 0.2) is 42.5 Å². The Bertz CT molecular complexity index is 568. The number of aromatic nitrogens is 1. The average molecular weight is 254 g/mol. The lowest BCUT2D eigenvalue weighted by molar-refractivity contribution is 0.398. The summed E-state index contributed by atoms with van der Waals surface area (Å²) in [4.78, 5) is 4.42. The van der Waals surface area contributed by atoms with Gasteiger partial charge in [0.05, 0.1) is 13.2 Å². The van der Waals surface area contributed by atoms with Gasteiger partial charge in [-0.1, -0.05) is 30.3 Å². The Balaban J connectivity index is 1.84. The van der Waals surface area contributed by atoms with E-state index in [0.29, 0.717) is 11.9 Å². The second-order valence-corrected chi connectivity index (χ2v) is 4.85. The maximum atomic E-state index is 5.16. The lowest BCUT2D eigenvalue weighted by atomic mass is 9.88. The minimum absolute atomic E-state index is 0.351. The molecule has 1 N–H and O–H groups in total. The van der Waals surface area contributed by atoms with Gasteiger partial charge in [0.1, 0.15) is 5.82 Å². The van der Waals surface area contributed by atoms with Crippen LogP contribution in [0.3, 0.4) is 0 Å². The van der Waals surface area contributed by atoms with Gasteiger partial charge in [-0.2, -0.15) is 4.98 Å². The van der Waals surface area contributed by atoms with Crippen LogP contribution in [0.4, 0.5) is 5.82 Å². The quantitative estimate of drug-likeness (QED) is 0.909. The van der Waals surface area contributed by atoms with Crippen molar-refractivity contribution in [3.05, 3.63) is 53.6 Å². The van der Waals surface area contributed by atoms with Crippen LogP contribution in [0.2, 0.25) is 0 Å². The van der Waals surface area contributed by atoms with E-state index in [0.717, 1.165) is 12.2 Å². The molecule has 0 fully saturated rings. The predicted octanol–water partition coefficient (Wildman–Crippen LogP) is 3.58. The molecule has 1 aromatic carbocycles. The van der Waals surface area contributed by atoms with E-state index in [1.165, 1.54) is 24.0 Å². The Hall–Kier alpha value is -2.03. The van der Waals surface area contributed by atoms with Crippen LogP contribution in [0, 0.1) is 0 Å². The molecule has 0 spiro atoms. The molecule has 1 unspecified atom stereocenters. The first-order valence-electron chi connectivity index (χ1n) is 6.72. The molecule has 98 valence electrons. The van der Waals surface area contributed by atoms with Gasteiger partial charge in [-0.3, -0.25) is 0 Å². The van der Waals surface area contributed by atoms with Gasteiger partial charge in [0.15, 0.2) is 0 Å². The summed E-state index contributed by atoms with van der Waals surface area (Å²) in [5.41, 5.74) is 2.85. The Kier molecular flexibility index (Phi) is 3.36. The monoisotopic (exact) mass is 254 g/mol. The van der Waals surface area contributed by atoms with E-state index in [2.05, 4.69) is 34.6 Å². The van der Waals surface area contributed by atoms with Crippen molar-refractivity contribution < 1.29 is 4.74 Å². The van der Waals surface area contributed by atoms with Crippen LogP contribution >= 0.6 is 0 Å². The molecule has 0 saturated carbocycles. The van der Waals surface area contributed by atoms with Crippen molar-refractivity contribution in [1.82, 2.24) is 4.98 Å². The number of anilines is 1. The average Bonchev–Trinajstić information content (AvgIpc) is 2.48. The molecule has 3 rings (SSSR count). The topological polar surface area (TPSA) is 34.1 Å². The molecular weight excluding hydrogens is 236 g/mol. The number of fused-ring (bicyclic) bond motifs is 1. The molecular formula is C16H18N2O. The van der Waals surface area contributed by atoms with Gasteiger partial charge >= 0.3 is 0 Å². The number of pyridine rings is 1. The van der Waals surface area contributed by atoms with E-state index in [1.54, 1.807) is 7.11 Å². The molecule has 2 aromatic rings. The highest BCUT2D eigenvalue weighted by atomic mass is 16.5. The third-order valence-electron chi connectivity index (χ3n) is 3.62. The largest absolute Gasteiger partial charge is 0.481 e. The third-order valence-corrected chi connectivity index (χ3v) is 3.62. The van der Waals surface area contributed by atoms with E-state index in [-0.39, 0.29) is 0 Å². The number of nitrogens with zero attached hydrogens (tertiary/aromatic N) is 1. The first-order valence-corrected chi connectivity index (χ1v) is 6.72. The van der Waals surface area contributed by atoms with Crippen molar-refractivity contribution in [3.63, 3.8) is 0 Å². The zero-order valence-corrected chi connectivity index (χ0v) is 11.1. The van der Waals surface area contributed by atoms with Crippen molar-refractivity contribution in [2.45, 2.75) is 25.3 Å². The Morgan fingerprint density at radius 2 is 2.05 bits per heavy atom. The van der Waals surface area contributed by atoms with Crippen LogP contribution in [0.1, 0.15) is 30.0 Å². The van der Waals surface area contributed by atoms with E-state index in [1.807, 2.05) is 18.2 Å². The van der Waals surface area contributed by atoms with E-state index in [4.69, 9.17) is 4.74 Å². The molecule has 3 nitrogen and oxygen atoms in total. The van der Waals surface area contributed by atoms with Gasteiger partial charge in [0, 0.05) is 6.07 Å². The molecule has 1 aromatic heterocycles. The summed E-state index contributed by atoms with van der Waals surface area (Å²) >= 11 is 0. The Labute approximate surface area is 113 Å². The summed E-state index contributed by atoms with van der Waals surface area (Å²) in [5, 5.41) is 3.52. The SMILES string of the molecule is COc1cccc(NC2CCCc3ccccc32)n1. The number of ether oxygens (including phenoxy) is 1. The minimum atomic E-state index is 0.351. The number of nitrogens with one attached hydrogen (secondary N) is 1. The van der Waals surface area contributed by atoms with Crippen LogP contribution in [0.25, 0.3) is 0 Å². The molecule has 1 atom stereocenters. The number of aryl methyl sites for hydroxylation is 1. The van der Waals surface area contributed by atoms with Crippen LogP contribution in [-0.2, 0) is 6.42 Å². The normalized spacial score (nSPS) is 17.6. The summed E-state index contributed by atoms with van der Waals surface area (Å²) in [6, 6.07) is 14.8. The zero-order chi connectivity index (χ0) is 13.1. The third kappa shape index (κ3) is 2.55. The molecule has 0 aliphatic heterocycles. The summed E-state index contributed by atoms with van der Waals surface area (Å²) in [5.74, 6) is 1.52. The highest BCUT2D eigenvalue weighted by Gasteiger charge is 2.19. The van der Waals surface area contributed by atoms with Gasteiger partial charge in [0.2, 0.25) is 5.88 Å². The highest BCUT2D eigenvalue weighted by Crippen LogP contribution is 2.32. The number of hydrogen-bond donors (Lipinski definition) is 1. The first-order chi connectivity index (χ1) is 9.36. The Morgan fingerprint density at radius 1 is 1.16 bits per heavy atom. The van der Waals surface area contributed by atoms with E-state index >= 15 is 0 Å². The number of methoxy groups -OCH3 is 1. The molecule has 19 heavy (non-hydrogen) atoms. The summed E-state index contributed by atoms with van der Waals surface area (Å²) < 4.78 is 5.16. The van der Waals surface area contributed by atoms with Gasteiger partial charge in [-0.25, -0.2) is 0 Å². The summed E-state index contributed by atoms with van der Waals surface area (Å²) in [6.45, 7) is 0. The van der Waals surface area contributed by atoms with Gasteiger partial charge in [-0.05, 0) is 36.5 Å². The standard InChI is InChI=1S/C16H18N2O/c1-19-16-11-5-10-15(18-16)17-14-9-4-7-12-6-2-3-8-13(12)14/h2-3,5-6,8,10-11,14H,4,7,9H2,1H3,(H,17,18). The fraction of sp³-hybridized carbons (Fsp3) is 0.312. The Morgan fingerprint density at radius 3 is 2.95 bits per heavy atom. The van der Waals surface area contributed by atoms with Crippen molar-refractivity contribution in [3.8, 4) is 5.88 Å². The van der Waals surface area contributed by atoms with Gasteiger partial charge < -0.3 is 10.1 Å². The van der Waals surface area contributed by atoms with Crippen LogP contribution in [-0.4, -0.2) is 12.1 Å². The molecule has 0 amide bonds. The maximum Gasteiger partial charge on any atom is 0.214 e. The second kappa shape index (κ2) is 5.31. The molecule has 1 aliphatic carbocycles. The van der Waals surface area contributed by atoms with E-state index in [9.17, 15) is 0 Å². The van der Waals surface area contributed by atoms with Gasteiger partial charge in [0.25, 0.3) is 0 Å². The smallest absolute Gasteiger partial charge is 0.214 e. The van der Waals surface area contributed by atoms with Crippen molar-refractivity contribution in [2.24, 2.45) is 0 Å². The molecule has 1 aliphatic rings. The lowest BCUT2D eigenvalue weighted by Gasteiger charge is -2.26. The first kappa shape index (κ1) is 12.0. The van der Waals surface area contributed by atoms with Crippen molar-refractivity contribution in [1.29, 1.82) is 0 Å². The molecule has 0 bridgehead atoms. The minimum Gasteiger partial charge on any atom is -0.481 e. The van der Waals surface area contributed by atoms with Crippen molar-refractivity contribution >= 4 is 5.82 Å². The van der Waals surface area contributed by atoms with Crippen LogP contribution in [0.5, 0.6) is 5.88 Å². The van der Waals surface area contributed by atoms with Crippen molar-refractivity contribution in [2.75, 3.05) is 12.4 Å². The molecule has 0 saturated heterocycles. The zero-order valence-electron chi connectivity index (χ0n) is 11.1. The summed E-state index contributed by atoms with van der Waals surface area (Å²) in [7, 11) is 1.64. The number of benzene rings is 1. The fourth-order valence-electron chi connectivity index (χ4n) is 2.69. The molecule has 0 radical (unpaired) electrons. The number of rotatable bonds is 3. The van der Waals surface area contributed by atoms with E-state index < -0.39 is 0 Å². The molecule has 1 heterocycles. The lowest BCUT2D eigenvalue weighted by Crippen LogP contribution is -2.17. The summed E-state index contributed by atoms with van der Waals surface area (Å²) in [6.07, 6.45) is 3.55.